The maximum absolute atomic E-state index is 13.2. The van der Waals surface area contributed by atoms with Gasteiger partial charge in [0.1, 0.15) is 5.83 Å². The molecule has 0 aromatic rings. The number of rotatable bonds is 3. The highest BCUT2D eigenvalue weighted by Crippen LogP contribution is 2.14. The summed E-state index contributed by atoms with van der Waals surface area (Å²) in [7, 11) is 1.43. The second-order valence-electron chi connectivity index (χ2n) is 2.28. The number of hydrogen-bond acceptors (Lipinski definition) is 1. The van der Waals surface area contributed by atoms with Crippen LogP contribution in [0.3, 0.4) is 0 Å². The fourth-order valence-electron chi connectivity index (χ4n) is 0.686. The first-order valence-electron chi connectivity index (χ1n) is 3.61. The highest BCUT2D eigenvalue weighted by Gasteiger charge is 2.08. The van der Waals surface area contributed by atoms with Gasteiger partial charge in [-0.1, -0.05) is 28.6 Å². The van der Waals surface area contributed by atoms with Crippen LogP contribution in [0.4, 0.5) is 4.39 Å². The number of carbonyl (C=O) groups excluding carboxylic acids is 1. The molecular weight excluding hydrogens is 237 g/mol. The molecule has 0 aromatic heterocycles. The van der Waals surface area contributed by atoms with Crippen LogP contribution in [-0.2, 0) is 4.79 Å². The van der Waals surface area contributed by atoms with Crippen molar-refractivity contribution in [2.45, 2.75) is 6.92 Å². The number of nitrogens with one attached hydrogen (secondary N) is 1. The van der Waals surface area contributed by atoms with Gasteiger partial charge in [0.25, 0.3) is 5.91 Å². The van der Waals surface area contributed by atoms with Gasteiger partial charge in [-0.2, -0.15) is 0 Å². The summed E-state index contributed by atoms with van der Waals surface area (Å²) >= 11 is 3.06. The molecule has 2 nitrogen and oxygen atoms in total. The van der Waals surface area contributed by atoms with E-state index >= 15 is 0 Å². The molecule has 1 N–H and O–H groups in total. The summed E-state index contributed by atoms with van der Waals surface area (Å²) in [6.07, 6.45) is 2.40. The fraction of sp³-hybridized carbons (Fsp3) is 0.222. The number of allylic oxidation sites excluding steroid dienone is 3. The molecule has 1 amide bonds. The highest BCUT2D eigenvalue weighted by atomic mass is 79.9. The molecule has 0 heterocycles. The van der Waals surface area contributed by atoms with Crippen LogP contribution in [0, 0.1) is 0 Å². The Kier molecular flexibility index (Phi) is 5.30. The van der Waals surface area contributed by atoms with Gasteiger partial charge >= 0.3 is 0 Å². The SMILES string of the molecule is C=C/C(C(=O)NC)=C(F)\C=C(/C)Br. The molecule has 0 radical (unpaired) electrons. The molecule has 0 bridgehead atoms. The topological polar surface area (TPSA) is 29.1 Å². The van der Waals surface area contributed by atoms with Crippen molar-refractivity contribution in [1.29, 1.82) is 0 Å². The molecule has 0 aliphatic carbocycles. The zero-order chi connectivity index (χ0) is 10.4. The van der Waals surface area contributed by atoms with Crippen molar-refractivity contribution in [2.24, 2.45) is 0 Å². The van der Waals surface area contributed by atoms with E-state index in [1.165, 1.54) is 19.2 Å². The Labute approximate surface area is 85.3 Å². The maximum atomic E-state index is 13.2. The average molecular weight is 248 g/mol. The van der Waals surface area contributed by atoms with E-state index in [1.54, 1.807) is 6.92 Å². The summed E-state index contributed by atoms with van der Waals surface area (Å²) in [6.45, 7) is 5.03. The van der Waals surface area contributed by atoms with Crippen molar-refractivity contribution in [3.05, 3.63) is 34.6 Å². The van der Waals surface area contributed by atoms with Crippen molar-refractivity contribution in [3.63, 3.8) is 0 Å². The molecule has 0 unspecified atom stereocenters. The molecule has 4 heteroatoms. The van der Waals surface area contributed by atoms with Gasteiger partial charge in [0.15, 0.2) is 0 Å². The second kappa shape index (κ2) is 5.70. The molecular formula is C9H11BrFNO. The summed E-state index contributed by atoms with van der Waals surface area (Å²) in [5, 5.41) is 2.32. The van der Waals surface area contributed by atoms with Crippen molar-refractivity contribution in [1.82, 2.24) is 5.32 Å². The second-order valence-corrected chi connectivity index (χ2v) is 3.53. The van der Waals surface area contributed by atoms with E-state index in [2.05, 4.69) is 27.8 Å². The van der Waals surface area contributed by atoms with Crippen molar-refractivity contribution >= 4 is 21.8 Å². The molecule has 13 heavy (non-hydrogen) atoms. The number of amides is 1. The normalized spacial score (nSPS) is 13.4. The molecule has 0 saturated carbocycles. The number of halogens is 2. The van der Waals surface area contributed by atoms with Crippen molar-refractivity contribution < 1.29 is 9.18 Å². The van der Waals surface area contributed by atoms with E-state index in [0.29, 0.717) is 4.48 Å². The van der Waals surface area contributed by atoms with Crippen LogP contribution in [0.1, 0.15) is 6.92 Å². The number of hydrogen-bond donors (Lipinski definition) is 1. The first-order chi connectivity index (χ1) is 6.02. The first-order valence-corrected chi connectivity index (χ1v) is 4.40. The molecule has 0 rings (SSSR count). The van der Waals surface area contributed by atoms with Gasteiger partial charge in [-0.05, 0) is 17.5 Å². The van der Waals surface area contributed by atoms with E-state index in [4.69, 9.17) is 0 Å². The lowest BCUT2D eigenvalue weighted by molar-refractivity contribution is -0.116. The Morgan fingerprint density at radius 2 is 2.15 bits per heavy atom. The van der Waals surface area contributed by atoms with Gasteiger partial charge < -0.3 is 5.32 Å². The first kappa shape index (κ1) is 12.1. The van der Waals surface area contributed by atoms with Crippen LogP contribution >= 0.6 is 15.9 Å². The van der Waals surface area contributed by atoms with E-state index < -0.39 is 11.7 Å². The minimum Gasteiger partial charge on any atom is -0.355 e. The summed E-state index contributed by atoms with van der Waals surface area (Å²) < 4.78 is 13.8. The largest absolute Gasteiger partial charge is 0.355 e. The predicted octanol–water partition coefficient (Wildman–Crippen LogP) is 2.44. The monoisotopic (exact) mass is 247 g/mol. The smallest absolute Gasteiger partial charge is 0.253 e. The minimum atomic E-state index is -0.608. The third-order valence-corrected chi connectivity index (χ3v) is 1.49. The van der Waals surface area contributed by atoms with Gasteiger partial charge in [-0.25, -0.2) is 4.39 Å². The number of likely N-dealkylation sites (N-methyl/N-ethyl adjacent to an activating group) is 1. The van der Waals surface area contributed by atoms with Crippen LogP contribution in [0.2, 0.25) is 0 Å². The molecule has 0 saturated heterocycles. The van der Waals surface area contributed by atoms with Gasteiger partial charge in [0.2, 0.25) is 0 Å². The van der Waals surface area contributed by atoms with Gasteiger partial charge in [-0.15, -0.1) is 0 Å². The molecule has 72 valence electrons. The van der Waals surface area contributed by atoms with E-state index in [0.717, 1.165) is 0 Å². The third-order valence-electron chi connectivity index (χ3n) is 1.26. The molecule has 0 aliphatic heterocycles. The molecule has 0 atom stereocenters. The molecule has 0 spiro atoms. The van der Waals surface area contributed by atoms with Gasteiger partial charge in [0, 0.05) is 7.05 Å². The summed E-state index contributed by atoms with van der Waals surface area (Å²) in [6, 6.07) is 0. The Bertz CT molecular complexity index is 277. The van der Waals surface area contributed by atoms with Crippen LogP contribution in [0.25, 0.3) is 0 Å². The van der Waals surface area contributed by atoms with E-state index in [9.17, 15) is 9.18 Å². The molecule has 0 aromatic carbocycles. The standard InChI is InChI=1S/C9H11BrFNO/c1-4-7(9(13)12-3)8(11)5-6(2)10/h4-5H,1H2,2-3H3,(H,12,13)/b6-5+,8-7-. The van der Waals surface area contributed by atoms with Crippen molar-refractivity contribution in [3.8, 4) is 0 Å². The Morgan fingerprint density at radius 1 is 1.62 bits per heavy atom. The van der Waals surface area contributed by atoms with Crippen LogP contribution < -0.4 is 5.32 Å². The van der Waals surface area contributed by atoms with E-state index in [1.807, 2.05) is 0 Å². The zero-order valence-electron chi connectivity index (χ0n) is 7.53. The lowest BCUT2D eigenvalue weighted by Gasteiger charge is -2.00. The Morgan fingerprint density at radius 3 is 2.46 bits per heavy atom. The Hall–Kier alpha value is -0.900. The number of carbonyl (C=O) groups is 1. The van der Waals surface area contributed by atoms with Gasteiger partial charge in [0.05, 0.1) is 5.57 Å². The highest BCUT2D eigenvalue weighted by molar-refractivity contribution is 9.11. The minimum absolute atomic E-state index is 0.0682. The lowest BCUT2D eigenvalue weighted by Crippen LogP contribution is -2.19. The van der Waals surface area contributed by atoms with E-state index in [-0.39, 0.29) is 5.57 Å². The van der Waals surface area contributed by atoms with Crippen LogP contribution in [-0.4, -0.2) is 13.0 Å². The summed E-state index contributed by atoms with van der Waals surface area (Å²) in [5.74, 6) is -1.10. The molecule has 0 fully saturated rings. The predicted molar refractivity (Wildman–Crippen MR) is 55.1 cm³/mol. The fourth-order valence-corrected chi connectivity index (χ4v) is 0.887. The average Bonchev–Trinajstić information content (AvgIpc) is 2.03. The van der Waals surface area contributed by atoms with Crippen LogP contribution in [0.5, 0.6) is 0 Å². The molecule has 0 aliphatic rings. The summed E-state index contributed by atoms with van der Waals surface area (Å²) in [4.78, 5) is 11.0. The van der Waals surface area contributed by atoms with Crippen LogP contribution in [0.15, 0.2) is 34.6 Å². The lowest BCUT2D eigenvalue weighted by atomic mass is 10.2. The summed E-state index contributed by atoms with van der Waals surface area (Å²) in [5.41, 5.74) is -0.0682. The zero-order valence-corrected chi connectivity index (χ0v) is 9.11. The Balaban J connectivity index is 5.01. The maximum Gasteiger partial charge on any atom is 0.253 e. The third kappa shape index (κ3) is 4.03. The van der Waals surface area contributed by atoms with Gasteiger partial charge in [-0.3, -0.25) is 4.79 Å². The quantitative estimate of drug-likeness (QED) is 0.603. The van der Waals surface area contributed by atoms with Crippen molar-refractivity contribution in [2.75, 3.05) is 7.05 Å².